The molecule has 0 amide bonds. The summed E-state index contributed by atoms with van der Waals surface area (Å²) in [5.41, 5.74) is 23.6. The second kappa shape index (κ2) is 30.1. The van der Waals surface area contributed by atoms with Crippen LogP contribution in [0.5, 0.6) is 0 Å². The van der Waals surface area contributed by atoms with Gasteiger partial charge in [0.15, 0.2) is 0 Å². The van der Waals surface area contributed by atoms with Crippen LogP contribution in [0.15, 0.2) is 211 Å². The molecule has 0 unspecified atom stereocenters. The molecule has 2 bridgehead atoms. The number of fused-ring (bicyclic) bond motifs is 7. The number of allylic oxidation sites excluding steroid dienone is 5. The Morgan fingerprint density at radius 3 is 1.53 bits per heavy atom. The highest BCUT2D eigenvalue weighted by Gasteiger charge is 2.24. The Morgan fingerprint density at radius 2 is 0.877 bits per heavy atom. The first-order chi connectivity index (χ1) is 39.9. The molecule has 8 aromatic carbocycles. The van der Waals surface area contributed by atoms with Crippen LogP contribution in [-0.4, -0.2) is 7.05 Å². The summed E-state index contributed by atoms with van der Waals surface area (Å²) in [7, 11) is 2.16. The van der Waals surface area contributed by atoms with Crippen molar-refractivity contribution in [2.75, 3.05) is 16.8 Å². The average molecular weight is 1070 g/mol. The first-order valence-corrected chi connectivity index (χ1v) is 31.3. The molecule has 2 heterocycles. The molecule has 2 heteroatoms. The van der Waals surface area contributed by atoms with Crippen molar-refractivity contribution >= 4 is 33.5 Å². The van der Waals surface area contributed by atoms with Gasteiger partial charge in [-0.25, -0.2) is 0 Å². The van der Waals surface area contributed by atoms with Crippen LogP contribution in [0, 0.1) is 27.2 Å². The minimum atomic E-state index is 0.809. The zero-order chi connectivity index (χ0) is 56.2. The number of hydrogen-bond acceptors (Lipinski definition) is 2. The van der Waals surface area contributed by atoms with E-state index in [-0.39, 0.29) is 0 Å². The molecule has 2 fully saturated rings. The number of hydrogen-bond donors (Lipinski definition) is 0. The van der Waals surface area contributed by atoms with Crippen molar-refractivity contribution < 1.29 is 0 Å². The van der Waals surface area contributed by atoms with E-state index in [4.69, 9.17) is 0 Å². The quantitative estimate of drug-likeness (QED) is 0.174. The maximum Gasteiger partial charge on any atom is 0.0537 e. The summed E-state index contributed by atoms with van der Waals surface area (Å²) in [6.07, 6.45) is 36.9. The summed E-state index contributed by atoms with van der Waals surface area (Å²) in [5.74, 6) is 0.809. The fourth-order valence-corrected chi connectivity index (χ4v) is 13.1. The van der Waals surface area contributed by atoms with Gasteiger partial charge in [0.2, 0.25) is 0 Å². The smallest absolute Gasteiger partial charge is 0.0537 e. The second-order valence-electron chi connectivity index (χ2n) is 22.9. The molecular formula is C79H91N2. The number of anilines is 4. The minimum absolute atomic E-state index is 0.809. The van der Waals surface area contributed by atoms with Crippen LogP contribution in [0.2, 0.25) is 0 Å². The van der Waals surface area contributed by atoms with E-state index in [9.17, 15) is 0 Å². The van der Waals surface area contributed by atoms with Gasteiger partial charge in [0, 0.05) is 41.6 Å². The van der Waals surface area contributed by atoms with Gasteiger partial charge in [0.25, 0.3) is 0 Å². The van der Waals surface area contributed by atoms with Crippen LogP contribution >= 0.6 is 0 Å². The summed E-state index contributed by atoms with van der Waals surface area (Å²) in [4.78, 5) is 4.75. The molecule has 2 saturated carbocycles. The number of nitrogens with zero attached hydrogens (tertiary/aromatic N) is 2. The molecule has 6 aliphatic rings. The van der Waals surface area contributed by atoms with E-state index in [1.54, 1.807) is 11.1 Å². The summed E-state index contributed by atoms with van der Waals surface area (Å²) in [5, 5.41) is 2.67. The highest BCUT2D eigenvalue weighted by atomic mass is 15.2. The normalized spacial score (nSPS) is 16.0. The molecule has 8 aromatic rings. The van der Waals surface area contributed by atoms with Gasteiger partial charge in [-0.15, -0.1) is 0 Å². The minimum Gasteiger partial charge on any atom is -0.344 e. The standard InChI is InChI=1S/C27H24N.C18H20.C15H15N.C11H14.C6H12.C2H6/c1-19-8-7-12-24-26(17-14-20(2)27(19)24)28-23-11-5-3-9-21(18-23)15-16-22-10-4-6-13-25(22)28;1-3-7-15(8-4-1)17-11-13-18(14-12-17)16-9-5-2-6-10-16;1-16-14-8-4-2-6-12(14)10-11-13-7-3-5-9-15(13)16;1-9-5-4-7-10-6-2-3-8-11(9)10;1-2-4-6-5-3-1;1-2/h3-14,17-18H,15-16H2,1-2H3;1,3-4,7-8,11-14,16H,2,5-6,9-10H2;2-9H,10-11H2,1H3;4-5,7H,2-3,6,8H2,1H3;1-6H2;1-2H3. The fourth-order valence-electron chi connectivity index (χ4n) is 13.1. The molecule has 4 aliphatic carbocycles. The van der Waals surface area contributed by atoms with Gasteiger partial charge < -0.3 is 9.80 Å². The largest absolute Gasteiger partial charge is 0.344 e. The van der Waals surface area contributed by atoms with E-state index in [1.165, 1.54) is 191 Å². The van der Waals surface area contributed by atoms with Gasteiger partial charge >= 0.3 is 0 Å². The van der Waals surface area contributed by atoms with Gasteiger partial charge in [-0.1, -0.05) is 247 Å². The maximum absolute atomic E-state index is 2.44. The monoisotopic (exact) mass is 1070 g/mol. The van der Waals surface area contributed by atoms with Crippen molar-refractivity contribution in [3.63, 3.8) is 0 Å². The Labute approximate surface area is 489 Å². The van der Waals surface area contributed by atoms with E-state index in [0.717, 1.165) is 31.6 Å². The van der Waals surface area contributed by atoms with Crippen molar-refractivity contribution in [3.8, 4) is 11.1 Å². The second-order valence-corrected chi connectivity index (χ2v) is 22.9. The molecule has 2 nitrogen and oxygen atoms in total. The lowest BCUT2D eigenvalue weighted by molar-refractivity contribution is 0.443. The topological polar surface area (TPSA) is 6.48 Å². The number of rotatable bonds is 3. The zero-order valence-corrected chi connectivity index (χ0v) is 50.0. The van der Waals surface area contributed by atoms with Crippen LogP contribution in [0.3, 0.4) is 0 Å². The number of aryl methyl sites for hydroxylation is 7. The predicted octanol–water partition coefficient (Wildman–Crippen LogP) is 22.3. The highest BCUT2D eigenvalue weighted by Crippen LogP contribution is 2.43. The fraction of sp³-hybridized carbons (Fsp3) is 0.329. The Hall–Kier alpha value is -7.16. The lowest BCUT2D eigenvalue weighted by Crippen LogP contribution is -2.21. The third-order valence-electron chi connectivity index (χ3n) is 17.5. The van der Waals surface area contributed by atoms with Crippen LogP contribution in [-0.2, 0) is 32.1 Å². The summed E-state index contributed by atoms with van der Waals surface area (Å²) in [6.45, 7) is 10.6. The zero-order valence-electron chi connectivity index (χ0n) is 50.0. The average Bonchev–Trinajstić information content (AvgIpc) is 3.94. The molecule has 0 atom stereocenters. The highest BCUT2D eigenvalue weighted by molar-refractivity contribution is 6.01. The van der Waals surface area contributed by atoms with Gasteiger partial charge in [-0.2, -0.15) is 0 Å². The van der Waals surface area contributed by atoms with Crippen molar-refractivity contribution in [1.29, 1.82) is 0 Å². The first-order valence-electron chi connectivity index (χ1n) is 31.3. The number of benzene rings is 8. The Balaban J connectivity index is 0.000000130. The SMILES string of the molecule is C1CCCCC1.CC.CN1c2ccccc2CCc2ccccc21.Cc1cccc2c(N3C4=CC=CC=C([CH]4)CCc4ccccc43)ccc(C)c12.Cc1cccc2c1CCCC2.c1ccc(-c2ccc(C3CCCCC3)cc2)cc1. The Bertz CT molecular complexity index is 3270. The summed E-state index contributed by atoms with van der Waals surface area (Å²) in [6, 6.07) is 63.9. The molecule has 81 heavy (non-hydrogen) atoms. The predicted molar refractivity (Wildman–Crippen MR) is 353 cm³/mol. The molecule has 14 rings (SSSR count). The van der Waals surface area contributed by atoms with Gasteiger partial charge in [-0.05, 0) is 188 Å². The summed E-state index contributed by atoms with van der Waals surface area (Å²) >= 11 is 0. The van der Waals surface area contributed by atoms with Gasteiger partial charge in [-0.3, -0.25) is 0 Å². The van der Waals surface area contributed by atoms with Crippen molar-refractivity contribution in [3.05, 3.63) is 268 Å². The third-order valence-corrected chi connectivity index (χ3v) is 17.5. The van der Waals surface area contributed by atoms with E-state index in [2.05, 4.69) is 244 Å². The lowest BCUT2D eigenvalue weighted by Gasteiger charge is -2.33. The van der Waals surface area contributed by atoms with E-state index < -0.39 is 0 Å². The van der Waals surface area contributed by atoms with Gasteiger partial charge in [0.1, 0.15) is 0 Å². The molecule has 0 aromatic heterocycles. The molecule has 417 valence electrons. The van der Waals surface area contributed by atoms with Crippen LogP contribution in [0.4, 0.5) is 22.7 Å². The molecule has 1 radical (unpaired) electrons. The first kappa shape index (κ1) is 58.5. The van der Waals surface area contributed by atoms with E-state index >= 15 is 0 Å². The molecule has 0 N–H and O–H groups in total. The molecule has 0 spiro atoms. The van der Waals surface area contributed by atoms with Crippen LogP contribution < -0.4 is 9.80 Å². The van der Waals surface area contributed by atoms with Crippen LogP contribution in [0.25, 0.3) is 21.9 Å². The van der Waals surface area contributed by atoms with E-state index in [0.29, 0.717) is 0 Å². The lowest BCUT2D eigenvalue weighted by atomic mass is 9.84. The van der Waals surface area contributed by atoms with Gasteiger partial charge in [0.05, 0.1) is 5.69 Å². The van der Waals surface area contributed by atoms with Crippen molar-refractivity contribution in [1.82, 2.24) is 0 Å². The third kappa shape index (κ3) is 15.2. The number of para-hydroxylation sites is 3. The molecule has 0 saturated heterocycles. The van der Waals surface area contributed by atoms with Crippen molar-refractivity contribution in [2.24, 2.45) is 0 Å². The maximum atomic E-state index is 2.44. The Kier molecular flexibility index (Phi) is 21.7. The Morgan fingerprint density at radius 1 is 0.370 bits per heavy atom. The van der Waals surface area contributed by atoms with E-state index in [1.807, 2.05) is 13.8 Å². The summed E-state index contributed by atoms with van der Waals surface area (Å²) < 4.78 is 0. The van der Waals surface area contributed by atoms with Crippen LogP contribution in [0.1, 0.15) is 160 Å². The molecule has 2 aliphatic heterocycles. The van der Waals surface area contributed by atoms with Crippen molar-refractivity contribution in [2.45, 2.75) is 163 Å². The molecular weight excluding hydrogens is 977 g/mol.